The van der Waals surface area contributed by atoms with E-state index in [9.17, 15) is 4.39 Å². The summed E-state index contributed by atoms with van der Waals surface area (Å²) in [5.74, 6) is 1.40. The Morgan fingerprint density at radius 3 is 2.09 bits per heavy atom. The predicted molar refractivity (Wildman–Crippen MR) is 130 cm³/mol. The molecule has 1 aliphatic rings. The van der Waals surface area contributed by atoms with E-state index in [2.05, 4.69) is 0 Å². The molecule has 1 saturated carbocycles. The van der Waals surface area contributed by atoms with E-state index in [4.69, 9.17) is 24.3 Å². The molecule has 0 unspecified atom stereocenters. The number of rotatable bonds is 6. The molecular weight excluding hydrogens is 441 g/mol. The van der Waals surface area contributed by atoms with Gasteiger partial charge in [-0.1, -0.05) is 12.8 Å². The first-order chi connectivity index (χ1) is 16.1. The molecule has 2 aromatic carbocycles. The fraction of sp³-hybridized carbons (Fsp3) is 0.360. The van der Waals surface area contributed by atoms with E-state index in [1.807, 2.05) is 22.2 Å². The summed E-state index contributed by atoms with van der Waals surface area (Å²) in [4.78, 5) is 5.47. The van der Waals surface area contributed by atoms with E-state index in [0.29, 0.717) is 27.7 Å². The van der Waals surface area contributed by atoms with Crippen LogP contribution in [0.1, 0.15) is 38.5 Å². The van der Waals surface area contributed by atoms with Crippen LogP contribution in [0.2, 0.25) is 0 Å². The molecule has 1 fully saturated rings. The van der Waals surface area contributed by atoms with Crippen molar-refractivity contribution in [3.63, 3.8) is 0 Å². The van der Waals surface area contributed by atoms with Crippen molar-refractivity contribution in [2.45, 2.75) is 38.5 Å². The molecule has 8 heteroatoms. The van der Waals surface area contributed by atoms with E-state index >= 15 is 0 Å². The summed E-state index contributed by atoms with van der Waals surface area (Å²) in [5, 5.41) is 7.06. The van der Waals surface area contributed by atoms with E-state index in [1.54, 1.807) is 33.5 Å². The van der Waals surface area contributed by atoms with Crippen LogP contribution >= 0.6 is 11.3 Å². The van der Waals surface area contributed by atoms with Crippen LogP contribution in [0.15, 0.2) is 51.9 Å². The number of benzene rings is 2. The Kier molecular flexibility index (Phi) is 7.44. The van der Waals surface area contributed by atoms with Gasteiger partial charge in [0.25, 0.3) is 0 Å². The molecule has 3 aromatic rings. The number of methoxy groups -OCH3 is 3. The lowest BCUT2D eigenvalue weighted by Gasteiger charge is -2.14. The Labute approximate surface area is 197 Å². The monoisotopic (exact) mass is 469 g/mol. The van der Waals surface area contributed by atoms with Gasteiger partial charge in [-0.05, 0) is 62.1 Å². The minimum atomic E-state index is -0.287. The normalized spacial score (nSPS) is 14.7. The second kappa shape index (κ2) is 10.7. The van der Waals surface area contributed by atoms with Crippen molar-refractivity contribution < 1.29 is 18.6 Å². The van der Waals surface area contributed by atoms with E-state index < -0.39 is 0 Å². The van der Waals surface area contributed by atoms with Gasteiger partial charge in [-0.3, -0.25) is 0 Å². The Bertz CT molecular complexity index is 1160. The highest BCUT2D eigenvalue weighted by Gasteiger charge is 2.18. The average molecular weight is 470 g/mol. The zero-order valence-corrected chi connectivity index (χ0v) is 20.0. The SMILES string of the molecule is COc1cc(-c2csc(=Nc3ccc(F)cc3)n2N=C2CCCCCC2)cc(OC)c1OC. The first-order valence-electron chi connectivity index (χ1n) is 11.0. The number of hydrogen-bond acceptors (Lipinski definition) is 6. The summed E-state index contributed by atoms with van der Waals surface area (Å²) in [5.41, 5.74) is 3.58. The standard InChI is InChI=1S/C25H28FN3O3S/c1-30-22-14-17(15-23(31-2)24(22)32-3)21-16-33-25(27-19-12-10-18(26)11-13-19)29(21)28-20-8-6-4-5-7-9-20/h10-16H,4-9H2,1-3H3. The number of nitrogens with zero attached hydrogens (tertiary/aromatic N) is 3. The van der Waals surface area contributed by atoms with E-state index in [1.165, 1.54) is 42.0 Å². The molecule has 1 aliphatic carbocycles. The Morgan fingerprint density at radius 2 is 1.52 bits per heavy atom. The summed E-state index contributed by atoms with van der Waals surface area (Å²) in [6, 6.07) is 9.97. The third-order valence-electron chi connectivity index (χ3n) is 5.62. The smallest absolute Gasteiger partial charge is 0.211 e. The van der Waals surface area contributed by atoms with Crippen LogP contribution in [0.3, 0.4) is 0 Å². The number of ether oxygens (including phenoxy) is 3. The molecule has 0 saturated heterocycles. The van der Waals surface area contributed by atoms with Gasteiger partial charge in [0, 0.05) is 16.7 Å². The van der Waals surface area contributed by atoms with Crippen LogP contribution in [0.4, 0.5) is 10.1 Å². The highest BCUT2D eigenvalue weighted by molar-refractivity contribution is 7.07. The molecular formula is C25H28FN3O3S. The van der Waals surface area contributed by atoms with Crippen LogP contribution in [0, 0.1) is 5.82 Å². The van der Waals surface area contributed by atoms with Gasteiger partial charge in [-0.25, -0.2) is 14.1 Å². The number of hydrogen-bond donors (Lipinski definition) is 0. The van der Waals surface area contributed by atoms with Crippen LogP contribution in [-0.2, 0) is 0 Å². The van der Waals surface area contributed by atoms with Crippen molar-refractivity contribution in [1.82, 2.24) is 4.68 Å². The maximum absolute atomic E-state index is 13.4. The third kappa shape index (κ3) is 5.27. The number of halogens is 1. The maximum atomic E-state index is 13.4. The van der Waals surface area contributed by atoms with Crippen molar-refractivity contribution >= 4 is 22.7 Å². The molecule has 0 aliphatic heterocycles. The van der Waals surface area contributed by atoms with E-state index in [0.717, 1.165) is 36.9 Å². The molecule has 0 N–H and O–H groups in total. The maximum Gasteiger partial charge on any atom is 0.211 e. The highest BCUT2D eigenvalue weighted by Crippen LogP contribution is 2.41. The first-order valence-corrected chi connectivity index (χ1v) is 11.9. The summed E-state index contributed by atoms with van der Waals surface area (Å²) in [6.45, 7) is 0. The van der Waals surface area contributed by atoms with Gasteiger partial charge in [0.2, 0.25) is 10.6 Å². The lowest BCUT2D eigenvalue weighted by Crippen LogP contribution is -2.14. The van der Waals surface area contributed by atoms with Crippen LogP contribution in [-0.4, -0.2) is 31.7 Å². The quantitative estimate of drug-likeness (QED) is 0.406. The molecule has 174 valence electrons. The van der Waals surface area contributed by atoms with Gasteiger partial charge in [-0.2, -0.15) is 5.10 Å². The summed E-state index contributed by atoms with van der Waals surface area (Å²) in [7, 11) is 4.79. The third-order valence-corrected chi connectivity index (χ3v) is 6.44. The van der Waals surface area contributed by atoms with Gasteiger partial charge < -0.3 is 14.2 Å². The molecule has 6 nitrogen and oxygen atoms in total. The van der Waals surface area contributed by atoms with Gasteiger partial charge in [-0.15, -0.1) is 11.3 Å². The minimum Gasteiger partial charge on any atom is -0.493 e. The number of aromatic nitrogens is 1. The second-order valence-electron chi connectivity index (χ2n) is 7.80. The van der Waals surface area contributed by atoms with Crippen molar-refractivity contribution in [2.75, 3.05) is 21.3 Å². The zero-order valence-electron chi connectivity index (χ0n) is 19.1. The average Bonchev–Trinajstić information content (AvgIpc) is 3.04. The minimum absolute atomic E-state index is 0.287. The zero-order chi connectivity index (χ0) is 23.2. The molecule has 0 bridgehead atoms. The van der Waals surface area contributed by atoms with Gasteiger partial charge in [0.1, 0.15) is 5.82 Å². The molecule has 1 heterocycles. The Balaban J connectivity index is 1.89. The first kappa shape index (κ1) is 23.0. The van der Waals surface area contributed by atoms with Crippen molar-refractivity contribution in [3.05, 3.63) is 52.4 Å². The lowest BCUT2D eigenvalue weighted by molar-refractivity contribution is 0.324. The summed E-state index contributed by atoms with van der Waals surface area (Å²) in [6.07, 6.45) is 6.72. The van der Waals surface area contributed by atoms with Crippen molar-refractivity contribution in [2.24, 2.45) is 10.1 Å². The molecule has 0 spiro atoms. The molecule has 4 rings (SSSR count). The highest BCUT2D eigenvalue weighted by atomic mass is 32.1. The van der Waals surface area contributed by atoms with Crippen LogP contribution in [0.5, 0.6) is 17.2 Å². The second-order valence-corrected chi connectivity index (χ2v) is 8.63. The van der Waals surface area contributed by atoms with Gasteiger partial charge in [0.05, 0.1) is 32.7 Å². The largest absolute Gasteiger partial charge is 0.493 e. The lowest BCUT2D eigenvalue weighted by atomic mass is 10.1. The predicted octanol–water partition coefficient (Wildman–Crippen LogP) is 6.17. The molecule has 0 amide bonds. The molecule has 0 radical (unpaired) electrons. The van der Waals surface area contributed by atoms with Crippen LogP contribution in [0.25, 0.3) is 11.3 Å². The molecule has 1 aromatic heterocycles. The Hall–Kier alpha value is -3.13. The fourth-order valence-electron chi connectivity index (χ4n) is 3.91. The summed E-state index contributed by atoms with van der Waals surface area (Å²) >= 11 is 1.48. The Morgan fingerprint density at radius 1 is 0.879 bits per heavy atom. The van der Waals surface area contributed by atoms with E-state index in [-0.39, 0.29) is 5.82 Å². The van der Waals surface area contributed by atoms with Gasteiger partial charge in [0.15, 0.2) is 11.5 Å². The summed E-state index contributed by atoms with van der Waals surface area (Å²) < 4.78 is 31.9. The van der Waals surface area contributed by atoms with Crippen molar-refractivity contribution in [1.29, 1.82) is 0 Å². The topological polar surface area (TPSA) is 57.3 Å². The molecule has 33 heavy (non-hydrogen) atoms. The van der Waals surface area contributed by atoms with Crippen LogP contribution < -0.4 is 19.0 Å². The molecule has 0 atom stereocenters. The fourth-order valence-corrected chi connectivity index (χ4v) is 4.76. The number of thiazole rings is 1. The van der Waals surface area contributed by atoms with Gasteiger partial charge >= 0.3 is 0 Å². The van der Waals surface area contributed by atoms with Crippen molar-refractivity contribution in [3.8, 4) is 28.5 Å².